The number of H-pyrrole nitrogens is 1. The molecule has 3 aromatic heterocycles. The molecule has 0 saturated heterocycles. The molecule has 0 unspecified atom stereocenters. The molecule has 0 fully saturated rings. The van der Waals surface area contributed by atoms with Crippen molar-refractivity contribution in [2.45, 2.75) is 0 Å². The van der Waals surface area contributed by atoms with E-state index in [4.69, 9.17) is 4.52 Å². The molecule has 8 nitrogen and oxygen atoms in total. The molecular formula is C9H6N6O2. The van der Waals surface area contributed by atoms with Crippen LogP contribution < -0.4 is 0 Å². The van der Waals surface area contributed by atoms with Crippen LogP contribution in [0.4, 0.5) is 0 Å². The Hall–Kier alpha value is -2.77. The van der Waals surface area contributed by atoms with Crippen molar-refractivity contribution in [3.63, 3.8) is 0 Å². The summed E-state index contributed by atoms with van der Waals surface area (Å²) >= 11 is 0. The highest BCUT2D eigenvalue weighted by Crippen LogP contribution is 2.22. The normalized spacial score (nSPS) is 10.6. The number of nitrogens with zero attached hydrogens (tertiary/aromatic N) is 5. The van der Waals surface area contributed by atoms with Gasteiger partial charge in [-0.05, 0) is 6.07 Å². The fourth-order valence-electron chi connectivity index (χ4n) is 1.30. The maximum atomic E-state index is 9.29. The van der Waals surface area contributed by atoms with E-state index in [9.17, 15) is 5.11 Å². The topological polar surface area (TPSA) is 114 Å². The predicted molar refractivity (Wildman–Crippen MR) is 54.6 cm³/mol. The molecule has 8 heteroatoms. The van der Waals surface area contributed by atoms with Gasteiger partial charge < -0.3 is 9.63 Å². The Morgan fingerprint density at radius 3 is 2.94 bits per heavy atom. The van der Waals surface area contributed by atoms with Crippen LogP contribution in [0.5, 0.6) is 5.75 Å². The quantitative estimate of drug-likeness (QED) is 0.663. The molecule has 0 aliphatic heterocycles. The first kappa shape index (κ1) is 9.46. The Bertz CT molecular complexity index is 632. The maximum absolute atomic E-state index is 9.29. The predicted octanol–water partition coefficient (Wildman–Crippen LogP) is 0.622. The standard InChI is InChI=1S/C9H6N6O2/c16-6-1-5(2-10-3-6)9-12-8(14-17-9)7-4-11-15-13-7/h1-4,16H,(H,11,13,15). The molecule has 0 radical (unpaired) electrons. The number of rotatable bonds is 2. The van der Waals surface area contributed by atoms with Crippen LogP contribution in [0.2, 0.25) is 0 Å². The van der Waals surface area contributed by atoms with Crippen LogP contribution in [0.1, 0.15) is 0 Å². The molecule has 17 heavy (non-hydrogen) atoms. The van der Waals surface area contributed by atoms with Crippen molar-refractivity contribution in [3.8, 4) is 28.7 Å². The first-order valence-corrected chi connectivity index (χ1v) is 4.67. The lowest BCUT2D eigenvalue weighted by Gasteiger charge is -1.93. The zero-order valence-corrected chi connectivity index (χ0v) is 8.40. The van der Waals surface area contributed by atoms with Crippen molar-refractivity contribution in [1.29, 1.82) is 0 Å². The number of aromatic amines is 1. The van der Waals surface area contributed by atoms with E-state index in [1.807, 2.05) is 0 Å². The van der Waals surface area contributed by atoms with E-state index in [0.29, 0.717) is 17.1 Å². The van der Waals surface area contributed by atoms with Gasteiger partial charge in [0.1, 0.15) is 5.75 Å². The summed E-state index contributed by atoms with van der Waals surface area (Å²) < 4.78 is 5.04. The van der Waals surface area contributed by atoms with Crippen molar-refractivity contribution in [2.24, 2.45) is 0 Å². The molecule has 84 valence electrons. The van der Waals surface area contributed by atoms with Crippen molar-refractivity contribution < 1.29 is 9.63 Å². The number of aromatic hydroxyl groups is 1. The summed E-state index contributed by atoms with van der Waals surface area (Å²) in [6, 6.07) is 1.48. The van der Waals surface area contributed by atoms with Crippen LogP contribution in [0, 0.1) is 0 Å². The van der Waals surface area contributed by atoms with Gasteiger partial charge in [-0.2, -0.15) is 20.4 Å². The Morgan fingerprint density at radius 2 is 2.18 bits per heavy atom. The van der Waals surface area contributed by atoms with Crippen LogP contribution >= 0.6 is 0 Å². The van der Waals surface area contributed by atoms with Crippen molar-refractivity contribution in [1.82, 2.24) is 30.5 Å². The van der Waals surface area contributed by atoms with E-state index in [1.165, 1.54) is 24.7 Å². The molecular weight excluding hydrogens is 224 g/mol. The zero-order valence-electron chi connectivity index (χ0n) is 8.40. The van der Waals surface area contributed by atoms with Crippen LogP contribution in [0.25, 0.3) is 23.0 Å². The Balaban J connectivity index is 2.01. The van der Waals surface area contributed by atoms with E-state index in [2.05, 4.69) is 30.5 Å². The first-order valence-electron chi connectivity index (χ1n) is 4.67. The minimum atomic E-state index is 0.0312. The lowest BCUT2D eigenvalue weighted by atomic mass is 10.3. The highest BCUT2D eigenvalue weighted by Gasteiger charge is 2.12. The maximum Gasteiger partial charge on any atom is 0.259 e. The molecule has 0 amide bonds. The average Bonchev–Trinajstić information content (AvgIpc) is 3.00. The number of hydrogen-bond donors (Lipinski definition) is 2. The summed E-state index contributed by atoms with van der Waals surface area (Å²) in [6.07, 6.45) is 4.31. The first-order chi connectivity index (χ1) is 8.33. The van der Waals surface area contributed by atoms with Gasteiger partial charge in [0, 0.05) is 6.20 Å². The number of aromatic nitrogens is 6. The molecule has 0 aromatic carbocycles. The van der Waals surface area contributed by atoms with Crippen molar-refractivity contribution >= 4 is 0 Å². The van der Waals surface area contributed by atoms with Crippen LogP contribution in [-0.4, -0.2) is 35.6 Å². The van der Waals surface area contributed by atoms with Gasteiger partial charge in [0.05, 0.1) is 18.0 Å². The second-order valence-corrected chi connectivity index (χ2v) is 3.21. The molecule has 0 aliphatic rings. The van der Waals surface area contributed by atoms with E-state index < -0.39 is 0 Å². The summed E-state index contributed by atoms with van der Waals surface area (Å²) in [6.45, 7) is 0. The van der Waals surface area contributed by atoms with Crippen molar-refractivity contribution in [3.05, 3.63) is 24.7 Å². The Kier molecular flexibility index (Phi) is 2.04. The van der Waals surface area contributed by atoms with E-state index >= 15 is 0 Å². The summed E-state index contributed by atoms with van der Waals surface area (Å²) in [7, 11) is 0. The summed E-state index contributed by atoms with van der Waals surface area (Å²) in [4.78, 5) is 7.93. The van der Waals surface area contributed by atoms with E-state index in [-0.39, 0.29) is 11.6 Å². The SMILES string of the molecule is Oc1cncc(-c2nc(-c3cn[nH]n3)no2)c1. The molecule has 2 N–H and O–H groups in total. The summed E-state index contributed by atoms with van der Waals surface area (Å²) in [5.74, 6) is 0.604. The summed E-state index contributed by atoms with van der Waals surface area (Å²) in [5, 5.41) is 23.0. The molecule has 0 atom stereocenters. The zero-order chi connectivity index (χ0) is 11.7. The monoisotopic (exact) mass is 230 g/mol. The molecule has 0 spiro atoms. The number of pyridine rings is 1. The van der Waals surface area contributed by atoms with Crippen LogP contribution in [-0.2, 0) is 0 Å². The van der Waals surface area contributed by atoms with Gasteiger partial charge in [-0.1, -0.05) is 5.16 Å². The Morgan fingerprint density at radius 1 is 1.24 bits per heavy atom. The molecule has 0 bridgehead atoms. The highest BCUT2D eigenvalue weighted by molar-refractivity contribution is 5.56. The van der Waals surface area contributed by atoms with Gasteiger partial charge in [-0.3, -0.25) is 4.98 Å². The third-order valence-corrected chi connectivity index (χ3v) is 2.04. The second kappa shape index (κ2) is 3.67. The van der Waals surface area contributed by atoms with Gasteiger partial charge in [0.25, 0.3) is 5.89 Å². The number of hydrogen-bond acceptors (Lipinski definition) is 7. The van der Waals surface area contributed by atoms with Gasteiger partial charge in [-0.15, -0.1) is 0 Å². The van der Waals surface area contributed by atoms with Gasteiger partial charge >= 0.3 is 0 Å². The van der Waals surface area contributed by atoms with Gasteiger partial charge in [0.15, 0.2) is 5.69 Å². The summed E-state index contributed by atoms with van der Waals surface area (Å²) in [5.41, 5.74) is 1.01. The third kappa shape index (κ3) is 1.71. The van der Waals surface area contributed by atoms with Gasteiger partial charge in [-0.25, -0.2) is 0 Å². The average molecular weight is 230 g/mol. The fourth-order valence-corrected chi connectivity index (χ4v) is 1.30. The van der Waals surface area contributed by atoms with Crippen molar-refractivity contribution in [2.75, 3.05) is 0 Å². The molecule has 0 saturated carbocycles. The highest BCUT2D eigenvalue weighted by atomic mass is 16.5. The largest absolute Gasteiger partial charge is 0.506 e. The van der Waals surface area contributed by atoms with E-state index in [0.717, 1.165) is 0 Å². The minimum absolute atomic E-state index is 0.0312. The molecule has 3 rings (SSSR count). The smallest absolute Gasteiger partial charge is 0.259 e. The molecule has 3 heterocycles. The minimum Gasteiger partial charge on any atom is -0.506 e. The van der Waals surface area contributed by atoms with Crippen LogP contribution in [0.15, 0.2) is 29.2 Å². The number of nitrogens with one attached hydrogen (secondary N) is 1. The third-order valence-electron chi connectivity index (χ3n) is 2.04. The van der Waals surface area contributed by atoms with E-state index in [1.54, 1.807) is 0 Å². The molecule has 0 aliphatic carbocycles. The van der Waals surface area contributed by atoms with Gasteiger partial charge in [0.2, 0.25) is 5.82 Å². The fraction of sp³-hybridized carbons (Fsp3) is 0. The lowest BCUT2D eigenvalue weighted by molar-refractivity contribution is 0.431. The van der Waals surface area contributed by atoms with Crippen LogP contribution in [0.3, 0.4) is 0 Å². The lowest BCUT2D eigenvalue weighted by Crippen LogP contribution is -1.82. The second-order valence-electron chi connectivity index (χ2n) is 3.21. The Labute approximate surface area is 94.3 Å². The molecule has 3 aromatic rings.